The molecule has 4 nitrogen and oxygen atoms in total. The Morgan fingerprint density at radius 2 is 1.78 bits per heavy atom. The van der Waals surface area contributed by atoms with Crippen molar-refractivity contribution in [2.75, 3.05) is 31.6 Å². The maximum absolute atomic E-state index is 13.0. The van der Waals surface area contributed by atoms with Gasteiger partial charge in [-0.2, -0.15) is 13.2 Å². The van der Waals surface area contributed by atoms with Gasteiger partial charge in [-0.15, -0.1) is 0 Å². The molecule has 1 N–H and O–H groups in total. The number of alkyl halides is 3. The molecular weight excluding hydrogens is 357 g/mol. The van der Waals surface area contributed by atoms with Crippen LogP contribution in [0, 0.1) is 6.92 Å². The quantitative estimate of drug-likeness (QED) is 0.871. The predicted octanol–water partition coefficient (Wildman–Crippen LogP) is 4.10. The Balaban J connectivity index is 1.66. The van der Waals surface area contributed by atoms with Crippen molar-refractivity contribution in [2.45, 2.75) is 19.6 Å². The number of halogens is 3. The van der Waals surface area contributed by atoms with Gasteiger partial charge in [-0.25, -0.2) is 0 Å². The summed E-state index contributed by atoms with van der Waals surface area (Å²) in [5.41, 5.74) is 0.961. The summed E-state index contributed by atoms with van der Waals surface area (Å²) in [4.78, 5) is 14.6. The standard InChI is InChI=1S/C20H21F3N2O2/c1-14-2-7-17(12-18(14)20(21,22)23)24-19(26)16-5-3-15(4-6-16)13-25-8-10-27-11-9-25/h2-7,12H,8-11,13H2,1H3,(H,24,26). The molecule has 0 aliphatic carbocycles. The highest BCUT2D eigenvalue weighted by molar-refractivity contribution is 6.04. The molecule has 27 heavy (non-hydrogen) atoms. The molecule has 1 aliphatic rings. The monoisotopic (exact) mass is 378 g/mol. The van der Waals surface area contributed by atoms with Crippen molar-refractivity contribution < 1.29 is 22.7 Å². The summed E-state index contributed by atoms with van der Waals surface area (Å²) in [5, 5.41) is 2.53. The van der Waals surface area contributed by atoms with E-state index in [9.17, 15) is 18.0 Å². The molecule has 1 aliphatic heterocycles. The number of carbonyl (C=O) groups is 1. The molecule has 0 unspecified atom stereocenters. The van der Waals surface area contributed by atoms with Crippen molar-refractivity contribution in [3.05, 3.63) is 64.7 Å². The Kier molecular flexibility index (Phi) is 5.82. The molecule has 0 atom stereocenters. The first-order valence-corrected chi connectivity index (χ1v) is 8.71. The molecule has 0 aromatic heterocycles. The summed E-state index contributed by atoms with van der Waals surface area (Å²) < 4.78 is 44.3. The number of amides is 1. The number of carbonyl (C=O) groups excluding carboxylic acids is 1. The zero-order valence-corrected chi connectivity index (χ0v) is 15.0. The molecule has 1 heterocycles. The van der Waals surface area contributed by atoms with Gasteiger partial charge in [0.1, 0.15) is 0 Å². The number of nitrogens with zero attached hydrogens (tertiary/aromatic N) is 1. The number of anilines is 1. The number of rotatable bonds is 4. The van der Waals surface area contributed by atoms with Crippen molar-refractivity contribution in [3.63, 3.8) is 0 Å². The van der Waals surface area contributed by atoms with Crippen LogP contribution in [0.1, 0.15) is 27.0 Å². The lowest BCUT2D eigenvalue weighted by Gasteiger charge is -2.26. The Bertz CT molecular complexity index is 798. The van der Waals surface area contributed by atoms with Crippen LogP contribution in [0.3, 0.4) is 0 Å². The van der Waals surface area contributed by atoms with Crippen molar-refractivity contribution in [1.29, 1.82) is 0 Å². The van der Waals surface area contributed by atoms with E-state index < -0.39 is 17.6 Å². The van der Waals surface area contributed by atoms with Gasteiger partial charge in [0.05, 0.1) is 18.8 Å². The Hall–Kier alpha value is -2.38. The van der Waals surface area contributed by atoms with Crippen LogP contribution in [0.4, 0.5) is 18.9 Å². The van der Waals surface area contributed by atoms with E-state index in [0.29, 0.717) is 5.56 Å². The largest absolute Gasteiger partial charge is 0.416 e. The molecule has 2 aromatic rings. The fourth-order valence-electron chi connectivity index (χ4n) is 2.99. The van der Waals surface area contributed by atoms with E-state index in [1.807, 2.05) is 12.1 Å². The first kappa shape index (κ1) is 19.4. The van der Waals surface area contributed by atoms with Crippen LogP contribution in [0.25, 0.3) is 0 Å². The molecule has 3 rings (SSSR count). The SMILES string of the molecule is Cc1ccc(NC(=O)c2ccc(CN3CCOCC3)cc2)cc1C(F)(F)F. The smallest absolute Gasteiger partial charge is 0.379 e. The summed E-state index contributed by atoms with van der Waals surface area (Å²) in [5.74, 6) is -0.440. The normalized spacial score (nSPS) is 15.6. The zero-order valence-electron chi connectivity index (χ0n) is 15.0. The third-order valence-electron chi connectivity index (χ3n) is 4.53. The summed E-state index contributed by atoms with van der Waals surface area (Å²) in [7, 11) is 0. The number of aryl methyl sites for hydroxylation is 1. The average molecular weight is 378 g/mol. The van der Waals surface area contributed by atoms with Gasteiger partial charge in [0.25, 0.3) is 5.91 Å². The van der Waals surface area contributed by atoms with E-state index in [1.165, 1.54) is 19.1 Å². The summed E-state index contributed by atoms with van der Waals surface area (Å²) >= 11 is 0. The average Bonchev–Trinajstić information content (AvgIpc) is 2.64. The van der Waals surface area contributed by atoms with Crippen molar-refractivity contribution in [2.24, 2.45) is 0 Å². The van der Waals surface area contributed by atoms with Crippen LogP contribution < -0.4 is 5.32 Å². The molecule has 0 radical (unpaired) electrons. The Labute approximate surface area is 155 Å². The van der Waals surface area contributed by atoms with Gasteiger partial charge in [-0.1, -0.05) is 18.2 Å². The molecule has 1 saturated heterocycles. The Morgan fingerprint density at radius 3 is 2.41 bits per heavy atom. The highest BCUT2D eigenvalue weighted by Crippen LogP contribution is 2.33. The van der Waals surface area contributed by atoms with Gasteiger partial charge in [0.15, 0.2) is 0 Å². The fraction of sp³-hybridized carbons (Fsp3) is 0.350. The van der Waals surface area contributed by atoms with E-state index in [4.69, 9.17) is 4.74 Å². The third kappa shape index (κ3) is 5.08. The van der Waals surface area contributed by atoms with Gasteiger partial charge < -0.3 is 10.1 Å². The van der Waals surface area contributed by atoms with Gasteiger partial charge in [-0.05, 0) is 42.3 Å². The molecule has 0 saturated carbocycles. The molecule has 0 bridgehead atoms. The van der Waals surface area contributed by atoms with Crippen LogP contribution in [0.2, 0.25) is 0 Å². The lowest BCUT2D eigenvalue weighted by molar-refractivity contribution is -0.138. The lowest BCUT2D eigenvalue weighted by Crippen LogP contribution is -2.35. The van der Waals surface area contributed by atoms with Crippen molar-refractivity contribution >= 4 is 11.6 Å². The number of hydrogen-bond donors (Lipinski definition) is 1. The highest BCUT2D eigenvalue weighted by atomic mass is 19.4. The topological polar surface area (TPSA) is 41.6 Å². The highest BCUT2D eigenvalue weighted by Gasteiger charge is 2.32. The summed E-state index contributed by atoms with van der Waals surface area (Å²) in [6, 6.07) is 10.9. The van der Waals surface area contributed by atoms with Crippen LogP contribution in [-0.4, -0.2) is 37.1 Å². The maximum Gasteiger partial charge on any atom is 0.416 e. The number of hydrogen-bond acceptors (Lipinski definition) is 3. The van der Waals surface area contributed by atoms with E-state index in [0.717, 1.165) is 44.5 Å². The molecular formula is C20H21F3N2O2. The van der Waals surface area contributed by atoms with E-state index >= 15 is 0 Å². The minimum absolute atomic E-state index is 0.118. The number of morpholine rings is 1. The Morgan fingerprint density at radius 1 is 1.11 bits per heavy atom. The third-order valence-corrected chi connectivity index (χ3v) is 4.53. The number of ether oxygens (including phenoxy) is 1. The van der Waals surface area contributed by atoms with Crippen molar-refractivity contribution in [1.82, 2.24) is 4.90 Å². The van der Waals surface area contributed by atoms with Gasteiger partial charge in [-0.3, -0.25) is 9.69 Å². The first-order valence-electron chi connectivity index (χ1n) is 8.71. The molecule has 144 valence electrons. The van der Waals surface area contributed by atoms with Crippen LogP contribution in [0.15, 0.2) is 42.5 Å². The van der Waals surface area contributed by atoms with Crippen LogP contribution in [-0.2, 0) is 17.5 Å². The second kappa shape index (κ2) is 8.10. The van der Waals surface area contributed by atoms with Crippen molar-refractivity contribution in [3.8, 4) is 0 Å². The van der Waals surface area contributed by atoms with E-state index in [2.05, 4.69) is 10.2 Å². The molecule has 0 spiro atoms. The van der Waals surface area contributed by atoms with E-state index in [-0.39, 0.29) is 11.3 Å². The molecule has 7 heteroatoms. The molecule has 1 fully saturated rings. The van der Waals surface area contributed by atoms with Crippen LogP contribution >= 0.6 is 0 Å². The van der Waals surface area contributed by atoms with Crippen LogP contribution in [0.5, 0.6) is 0 Å². The minimum atomic E-state index is -4.45. The van der Waals surface area contributed by atoms with Gasteiger partial charge >= 0.3 is 6.18 Å². The maximum atomic E-state index is 13.0. The first-order chi connectivity index (χ1) is 12.8. The second-order valence-electron chi connectivity index (χ2n) is 6.57. The van der Waals surface area contributed by atoms with E-state index in [1.54, 1.807) is 12.1 Å². The summed E-state index contributed by atoms with van der Waals surface area (Å²) in [6.45, 7) is 5.35. The number of benzene rings is 2. The van der Waals surface area contributed by atoms with Gasteiger partial charge in [0.2, 0.25) is 0 Å². The lowest BCUT2D eigenvalue weighted by atomic mass is 10.1. The second-order valence-corrected chi connectivity index (χ2v) is 6.57. The minimum Gasteiger partial charge on any atom is -0.379 e. The zero-order chi connectivity index (χ0) is 19.4. The number of nitrogens with one attached hydrogen (secondary N) is 1. The summed E-state index contributed by atoms with van der Waals surface area (Å²) in [6.07, 6.45) is -4.45. The molecule has 2 aromatic carbocycles. The predicted molar refractivity (Wildman–Crippen MR) is 96.7 cm³/mol. The molecule has 1 amide bonds. The van der Waals surface area contributed by atoms with Gasteiger partial charge in [0, 0.05) is 30.9 Å². The fourth-order valence-corrected chi connectivity index (χ4v) is 2.99.